The largest absolute Gasteiger partial charge is 0.489 e. The molecule has 3 aromatic carbocycles. The number of carbonyl (C=O) groups excluding carboxylic acids is 2. The Morgan fingerprint density at radius 2 is 1.69 bits per heavy atom. The van der Waals surface area contributed by atoms with E-state index in [4.69, 9.17) is 15.2 Å². The Morgan fingerprint density at radius 3 is 2.38 bits per heavy atom. The fourth-order valence-electron chi connectivity index (χ4n) is 2.50. The second-order valence-electron chi connectivity index (χ2n) is 6.15. The molecule has 0 aliphatic rings. The smallest absolute Gasteiger partial charge is 0.340 e. The first-order chi connectivity index (χ1) is 14.0. The monoisotopic (exact) mass is 394 g/mol. The van der Waals surface area contributed by atoms with Crippen LogP contribution in [0.4, 0.5) is 15.8 Å². The van der Waals surface area contributed by atoms with Gasteiger partial charge in [-0.2, -0.15) is 0 Å². The minimum atomic E-state index is -0.803. The van der Waals surface area contributed by atoms with E-state index in [1.54, 1.807) is 24.3 Å². The van der Waals surface area contributed by atoms with Crippen molar-refractivity contribution in [3.63, 3.8) is 0 Å². The summed E-state index contributed by atoms with van der Waals surface area (Å²) in [7, 11) is 0. The van der Waals surface area contributed by atoms with Gasteiger partial charge in [0.15, 0.2) is 6.61 Å². The SMILES string of the molecule is Nc1cc(F)ccc1C(=O)OCC(=O)Nc1ccc(OCc2ccccc2)cc1. The summed E-state index contributed by atoms with van der Waals surface area (Å²) in [5.74, 6) is -1.22. The van der Waals surface area contributed by atoms with Crippen molar-refractivity contribution in [1.29, 1.82) is 0 Å². The van der Waals surface area contributed by atoms with Gasteiger partial charge in [-0.3, -0.25) is 4.79 Å². The minimum Gasteiger partial charge on any atom is -0.489 e. The molecule has 1 amide bonds. The minimum absolute atomic E-state index is 0.000817. The number of carbonyl (C=O) groups is 2. The average molecular weight is 394 g/mol. The van der Waals surface area contributed by atoms with Crippen LogP contribution in [-0.4, -0.2) is 18.5 Å². The number of amides is 1. The molecule has 148 valence electrons. The predicted molar refractivity (Wildman–Crippen MR) is 107 cm³/mol. The maximum absolute atomic E-state index is 13.0. The van der Waals surface area contributed by atoms with Gasteiger partial charge >= 0.3 is 5.97 Å². The van der Waals surface area contributed by atoms with E-state index in [-0.39, 0.29) is 11.3 Å². The number of anilines is 2. The molecule has 6 nitrogen and oxygen atoms in total. The highest BCUT2D eigenvalue weighted by Crippen LogP contribution is 2.18. The third kappa shape index (κ3) is 5.80. The van der Waals surface area contributed by atoms with E-state index in [2.05, 4.69) is 5.32 Å². The van der Waals surface area contributed by atoms with Gasteiger partial charge in [-0.15, -0.1) is 0 Å². The predicted octanol–water partition coefficient (Wildman–Crippen LogP) is 3.78. The molecule has 0 bridgehead atoms. The van der Waals surface area contributed by atoms with Crippen molar-refractivity contribution in [3.05, 3.63) is 89.7 Å². The van der Waals surface area contributed by atoms with Crippen molar-refractivity contribution in [2.24, 2.45) is 0 Å². The van der Waals surface area contributed by atoms with Gasteiger partial charge in [-0.25, -0.2) is 9.18 Å². The summed E-state index contributed by atoms with van der Waals surface area (Å²) in [6, 6.07) is 19.9. The van der Waals surface area contributed by atoms with Crippen molar-refractivity contribution >= 4 is 23.3 Å². The fourth-order valence-corrected chi connectivity index (χ4v) is 2.50. The van der Waals surface area contributed by atoms with Crippen molar-refractivity contribution < 1.29 is 23.5 Å². The van der Waals surface area contributed by atoms with Crippen LogP contribution < -0.4 is 15.8 Å². The highest BCUT2D eigenvalue weighted by molar-refractivity contribution is 5.98. The number of rotatable bonds is 7. The second-order valence-corrected chi connectivity index (χ2v) is 6.15. The van der Waals surface area contributed by atoms with Gasteiger partial charge in [-0.1, -0.05) is 30.3 Å². The number of nitrogens with one attached hydrogen (secondary N) is 1. The Balaban J connectivity index is 1.47. The maximum Gasteiger partial charge on any atom is 0.340 e. The van der Waals surface area contributed by atoms with Crippen LogP contribution in [0.2, 0.25) is 0 Å². The second kappa shape index (κ2) is 9.36. The van der Waals surface area contributed by atoms with E-state index in [0.29, 0.717) is 18.0 Å². The van der Waals surface area contributed by atoms with Crippen molar-refractivity contribution in [1.82, 2.24) is 0 Å². The molecule has 0 spiro atoms. The van der Waals surface area contributed by atoms with E-state index in [1.807, 2.05) is 30.3 Å². The highest BCUT2D eigenvalue weighted by atomic mass is 19.1. The Morgan fingerprint density at radius 1 is 0.966 bits per heavy atom. The molecule has 0 saturated carbocycles. The summed E-state index contributed by atoms with van der Waals surface area (Å²) in [5, 5.41) is 2.61. The van der Waals surface area contributed by atoms with E-state index in [0.717, 1.165) is 17.7 Å². The zero-order valence-electron chi connectivity index (χ0n) is 15.4. The zero-order valence-corrected chi connectivity index (χ0v) is 15.4. The summed E-state index contributed by atoms with van der Waals surface area (Å²) in [5.41, 5.74) is 7.10. The molecular formula is C22H19FN2O4. The fraction of sp³-hybridized carbons (Fsp3) is 0.0909. The van der Waals surface area contributed by atoms with Gasteiger partial charge in [0.1, 0.15) is 18.2 Å². The highest BCUT2D eigenvalue weighted by Gasteiger charge is 2.14. The van der Waals surface area contributed by atoms with E-state index in [1.165, 1.54) is 6.07 Å². The number of nitrogens with two attached hydrogens (primary N) is 1. The lowest BCUT2D eigenvalue weighted by Crippen LogP contribution is -2.21. The third-order valence-electron chi connectivity index (χ3n) is 3.95. The van der Waals surface area contributed by atoms with Crippen LogP contribution in [-0.2, 0) is 16.1 Å². The van der Waals surface area contributed by atoms with E-state index >= 15 is 0 Å². The first-order valence-electron chi connectivity index (χ1n) is 8.80. The van der Waals surface area contributed by atoms with Gasteiger partial charge in [-0.05, 0) is 48.0 Å². The molecule has 7 heteroatoms. The Bertz CT molecular complexity index is 991. The standard InChI is InChI=1S/C22H19FN2O4/c23-16-6-11-19(20(24)12-16)22(27)29-14-21(26)25-17-7-9-18(10-8-17)28-13-15-4-2-1-3-5-15/h1-12H,13-14,24H2,(H,25,26). The number of hydrogen-bond acceptors (Lipinski definition) is 5. The van der Waals surface area contributed by atoms with Gasteiger partial charge in [0, 0.05) is 11.4 Å². The molecular weight excluding hydrogens is 375 g/mol. The molecule has 0 aromatic heterocycles. The molecule has 0 fully saturated rings. The Labute approximate surface area is 167 Å². The first kappa shape index (κ1) is 19.9. The lowest BCUT2D eigenvalue weighted by atomic mass is 10.2. The van der Waals surface area contributed by atoms with Gasteiger partial charge in [0.05, 0.1) is 5.56 Å². The summed E-state index contributed by atoms with van der Waals surface area (Å²) in [6.45, 7) is -0.0586. The molecule has 0 aliphatic heterocycles. The number of esters is 1. The van der Waals surface area contributed by atoms with Crippen LogP contribution in [0.3, 0.4) is 0 Å². The van der Waals surface area contributed by atoms with Crippen LogP contribution in [0.25, 0.3) is 0 Å². The van der Waals surface area contributed by atoms with Gasteiger partial charge in [0.25, 0.3) is 5.91 Å². The molecule has 3 rings (SSSR count). The van der Waals surface area contributed by atoms with E-state index in [9.17, 15) is 14.0 Å². The van der Waals surface area contributed by atoms with Crippen LogP contribution in [0.1, 0.15) is 15.9 Å². The topological polar surface area (TPSA) is 90.7 Å². The molecule has 0 aliphatic carbocycles. The molecule has 0 heterocycles. The van der Waals surface area contributed by atoms with Crippen LogP contribution in [0, 0.1) is 5.82 Å². The lowest BCUT2D eigenvalue weighted by molar-refractivity contribution is -0.119. The van der Waals surface area contributed by atoms with Crippen LogP contribution in [0.15, 0.2) is 72.8 Å². The summed E-state index contributed by atoms with van der Waals surface area (Å²) in [6.07, 6.45) is 0. The molecule has 0 radical (unpaired) electrons. The number of ether oxygens (including phenoxy) is 2. The first-order valence-corrected chi connectivity index (χ1v) is 8.80. The third-order valence-corrected chi connectivity index (χ3v) is 3.95. The summed E-state index contributed by atoms with van der Waals surface area (Å²) in [4.78, 5) is 23.9. The van der Waals surface area contributed by atoms with Gasteiger partial charge in [0.2, 0.25) is 0 Å². The summed E-state index contributed by atoms with van der Waals surface area (Å²) < 4.78 is 23.6. The number of halogens is 1. The summed E-state index contributed by atoms with van der Waals surface area (Å²) >= 11 is 0. The maximum atomic E-state index is 13.0. The Hall–Kier alpha value is -3.87. The molecule has 0 atom stereocenters. The van der Waals surface area contributed by atoms with Crippen LogP contribution in [0.5, 0.6) is 5.75 Å². The Kier molecular flexibility index (Phi) is 6.42. The van der Waals surface area contributed by atoms with Crippen molar-refractivity contribution in [2.45, 2.75) is 6.61 Å². The molecule has 29 heavy (non-hydrogen) atoms. The number of benzene rings is 3. The normalized spacial score (nSPS) is 10.2. The van der Waals surface area contributed by atoms with E-state index < -0.39 is 24.3 Å². The quantitative estimate of drug-likeness (QED) is 0.470. The number of hydrogen-bond donors (Lipinski definition) is 2. The lowest BCUT2D eigenvalue weighted by Gasteiger charge is -2.09. The number of nitrogen functional groups attached to an aromatic ring is 1. The molecule has 3 N–H and O–H groups in total. The average Bonchev–Trinajstić information content (AvgIpc) is 2.72. The van der Waals surface area contributed by atoms with Gasteiger partial charge < -0.3 is 20.5 Å². The van der Waals surface area contributed by atoms with Crippen molar-refractivity contribution in [2.75, 3.05) is 17.7 Å². The molecule has 0 saturated heterocycles. The molecule has 0 unspecified atom stereocenters. The molecule has 3 aromatic rings. The van der Waals surface area contributed by atoms with Crippen LogP contribution >= 0.6 is 0 Å². The van der Waals surface area contributed by atoms with Crippen molar-refractivity contribution in [3.8, 4) is 5.75 Å². The zero-order chi connectivity index (χ0) is 20.6.